The van der Waals surface area contributed by atoms with E-state index in [1.165, 1.54) is 0 Å². The molecule has 0 aromatic heterocycles. The van der Waals surface area contributed by atoms with Gasteiger partial charge in [-0.1, -0.05) is 0 Å². The van der Waals surface area contributed by atoms with Crippen LogP contribution in [-0.4, -0.2) is 39.1 Å². The molecule has 0 aliphatic carbocycles. The lowest BCUT2D eigenvalue weighted by molar-refractivity contribution is 0.152. The van der Waals surface area contributed by atoms with Crippen molar-refractivity contribution in [1.82, 2.24) is 4.31 Å². The molecule has 1 heterocycles. The Morgan fingerprint density at radius 1 is 1.64 bits per heavy atom. The second-order valence-electron chi connectivity index (χ2n) is 1.82. The molecule has 1 rings (SSSR count). The summed E-state index contributed by atoms with van der Waals surface area (Å²) in [6, 6.07) is 0. The maximum absolute atomic E-state index is 10.8. The van der Waals surface area contributed by atoms with Crippen LogP contribution in [0.15, 0.2) is 0 Å². The van der Waals surface area contributed by atoms with Crippen molar-refractivity contribution in [2.75, 3.05) is 20.3 Å². The number of methoxy groups -OCH3 is 1. The van der Waals surface area contributed by atoms with E-state index in [1.807, 2.05) is 0 Å². The molecule has 0 aromatic rings. The van der Waals surface area contributed by atoms with Crippen molar-refractivity contribution < 1.29 is 22.1 Å². The number of amides is 1. The van der Waals surface area contributed by atoms with Crippen LogP contribution in [0.2, 0.25) is 0 Å². The minimum Gasteiger partial charge on any atom is -0.452 e. The van der Waals surface area contributed by atoms with E-state index in [9.17, 15) is 13.2 Å². The highest BCUT2D eigenvalue weighted by Crippen LogP contribution is 2.11. The van der Waals surface area contributed by atoms with E-state index in [0.29, 0.717) is 4.31 Å². The van der Waals surface area contributed by atoms with E-state index in [0.717, 1.165) is 7.11 Å². The summed E-state index contributed by atoms with van der Waals surface area (Å²) in [7, 11) is -2.73. The Morgan fingerprint density at radius 3 is 2.64 bits per heavy atom. The maximum atomic E-state index is 10.8. The fourth-order valence-electron chi connectivity index (χ4n) is 0.685. The van der Waals surface area contributed by atoms with Crippen LogP contribution in [0, 0.1) is 0 Å². The van der Waals surface area contributed by atoms with Gasteiger partial charge >= 0.3 is 16.4 Å². The Labute approximate surface area is 63.9 Å². The van der Waals surface area contributed by atoms with Gasteiger partial charge in [-0.15, -0.1) is 0 Å². The van der Waals surface area contributed by atoms with Crippen molar-refractivity contribution in [3.63, 3.8) is 0 Å². The molecule has 1 saturated heterocycles. The summed E-state index contributed by atoms with van der Waals surface area (Å²) in [5.41, 5.74) is 0. The third-order valence-electron chi connectivity index (χ3n) is 1.17. The molecule has 0 saturated carbocycles. The summed E-state index contributed by atoms with van der Waals surface area (Å²) in [6.45, 7) is 0.0203. The molecule has 0 N–H and O–H groups in total. The Balaban J connectivity index is 2.82. The van der Waals surface area contributed by atoms with Gasteiger partial charge in [0.15, 0.2) is 0 Å². The van der Waals surface area contributed by atoms with E-state index in [1.54, 1.807) is 0 Å². The monoisotopic (exact) mass is 181 g/mol. The Hall–Kier alpha value is -0.820. The lowest BCUT2D eigenvalue weighted by Crippen LogP contribution is -2.32. The number of carbonyl (C=O) groups excluding carboxylic acids is 1. The largest absolute Gasteiger partial charge is 0.452 e. The molecule has 1 amide bonds. The molecule has 0 spiro atoms. The molecule has 7 heteroatoms. The van der Waals surface area contributed by atoms with E-state index < -0.39 is 16.4 Å². The van der Waals surface area contributed by atoms with Gasteiger partial charge in [-0.3, -0.25) is 4.18 Å². The number of carbonyl (C=O) groups is 1. The standard InChI is InChI=1S/C4H7NO5S/c1-9-4(6)5-2-3-10-11(5,7)8/h2-3H2,1H3. The Morgan fingerprint density at radius 2 is 2.27 bits per heavy atom. The third kappa shape index (κ3) is 1.43. The number of hydrogen-bond donors (Lipinski definition) is 0. The first kappa shape index (κ1) is 8.28. The summed E-state index contributed by atoms with van der Waals surface area (Å²) >= 11 is 0. The number of rotatable bonds is 0. The highest BCUT2D eigenvalue weighted by atomic mass is 32.2. The predicted octanol–water partition coefficient (Wildman–Crippen LogP) is -0.670. The quantitative estimate of drug-likeness (QED) is 0.495. The lowest BCUT2D eigenvalue weighted by atomic mass is 10.7. The topological polar surface area (TPSA) is 72.9 Å². The summed E-state index contributed by atoms with van der Waals surface area (Å²) < 4.78 is 30.5. The molecule has 0 aromatic carbocycles. The maximum Gasteiger partial charge on any atom is 0.425 e. The van der Waals surface area contributed by atoms with E-state index in [2.05, 4.69) is 8.92 Å². The van der Waals surface area contributed by atoms with Crippen LogP contribution in [0.4, 0.5) is 4.79 Å². The second kappa shape index (κ2) is 2.67. The summed E-state index contributed by atoms with van der Waals surface area (Å²) in [4.78, 5) is 10.7. The fourth-order valence-corrected chi connectivity index (χ4v) is 1.65. The molecule has 11 heavy (non-hydrogen) atoms. The fraction of sp³-hybridized carbons (Fsp3) is 0.750. The second-order valence-corrected chi connectivity index (χ2v) is 3.35. The zero-order valence-electron chi connectivity index (χ0n) is 5.81. The van der Waals surface area contributed by atoms with Gasteiger partial charge in [0.25, 0.3) is 0 Å². The van der Waals surface area contributed by atoms with Crippen LogP contribution >= 0.6 is 0 Å². The zero-order chi connectivity index (χ0) is 8.48. The van der Waals surface area contributed by atoms with Crippen molar-refractivity contribution in [1.29, 1.82) is 0 Å². The normalized spacial score (nSPS) is 21.7. The van der Waals surface area contributed by atoms with Crippen molar-refractivity contribution in [3.05, 3.63) is 0 Å². The molecule has 6 nitrogen and oxygen atoms in total. The van der Waals surface area contributed by atoms with E-state index in [4.69, 9.17) is 0 Å². The van der Waals surface area contributed by atoms with Crippen molar-refractivity contribution >= 4 is 16.4 Å². The first-order chi connectivity index (χ1) is 5.08. The number of hydrogen-bond acceptors (Lipinski definition) is 5. The molecule has 64 valence electrons. The predicted molar refractivity (Wildman–Crippen MR) is 34.0 cm³/mol. The van der Waals surface area contributed by atoms with Gasteiger partial charge in [0.1, 0.15) is 0 Å². The van der Waals surface area contributed by atoms with E-state index >= 15 is 0 Å². The van der Waals surface area contributed by atoms with Gasteiger partial charge in [0, 0.05) is 0 Å². The Kier molecular flexibility index (Phi) is 2.01. The van der Waals surface area contributed by atoms with Gasteiger partial charge < -0.3 is 4.74 Å². The molecule has 1 fully saturated rings. The molecule has 0 radical (unpaired) electrons. The summed E-state index contributed by atoms with van der Waals surface area (Å²) in [5.74, 6) is 0. The van der Waals surface area contributed by atoms with Crippen molar-refractivity contribution in [2.24, 2.45) is 0 Å². The average molecular weight is 181 g/mol. The van der Waals surface area contributed by atoms with Crippen LogP contribution < -0.4 is 0 Å². The SMILES string of the molecule is COC(=O)N1CCOS1(=O)=O. The van der Waals surface area contributed by atoms with Crippen molar-refractivity contribution in [3.8, 4) is 0 Å². The lowest BCUT2D eigenvalue weighted by Gasteiger charge is -2.09. The zero-order valence-corrected chi connectivity index (χ0v) is 6.63. The van der Waals surface area contributed by atoms with Crippen LogP contribution in [0.25, 0.3) is 0 Å². The number of nitrogens with zero attached hydrogens (tertiary/aromatic N) is 1. The molecule has 1 aliphatic rings. The van der Waals surface area contributed by atoms with E-state index in [-0.39, 0.29) is 13.2 Å². The molecule has 1 aliphatic heterocycles. The average Bonchev–Trinajstić information content (AvgIpc) is 2.28. The minimum absolute atomic E-state index is 0.00255. The molecule has 0 bridgehead atoms. The smallest absolute Gasteiger partial charge is 0.425 e. The highest BCUT2D eigenvalue weighted by molar-refractivity contribution is 7.85. The first-order valence-electron chi connectivity index (χ1n) is 2.83. The number of ether oxygens (including phenoxy) is 1. The van der Waals surface area contributed by atoms with Crippen molar-refractivity contribution in [2.45, 2.75) is 0 Å². The van der Waals surface area contributed by atoms with Gasteiger partial charge in [-0.25, -0.2) is 4.79 Å². The minimum atomic E-state index is -3.84. The first-order valence-corrected chi connectivity index (χ1v) is 4.19. The van der Waals surface area contributed by atoms with Gasteiger partial charge in [0.2, 0.25) is 0 Å². The Bertz CT molecular complexity index is 258. The summed E-state index contributed by atoms with van der Waals surface area (Å²) in [6.07, 6.45) is -0.914. The van der Waals surface area contributed by atoms with Crippen LogP contribution in [-0.2, 0) is 19.2 Å². The van der Waals surface area contributed by atoms with Gasteiger partial charge in [0.05, 0.1) is 20.3 Å². The van der Waals surface area contributed by atoms with Crippen LogP contribution in [0.1, 0.15) is 0 Å². The van der Waals surface area contributed by atoms with Crippen LogP contribution in [0.5, 0.6) is 0 Å². The summed E-state index contributed by atoms with van der Waals surface area (Å²) in [5, 5.41) is 0. The highest BCUT2D eigenvalue weighted by Gasteiger charge is 2.34. The van der Waals surface area contributed by atoms with Crippen LogP contribution in [0.3, 0.4) is 0 Å². The molecule has 0 atom stereocenters. The third-order valence-corrected chi connectivity index (χ3v) is 2.51. The molecular formula is C4H7NO5S. The molecular weight excluding hydrogens is 174 g/mol. The van der Waals surface area contributed by atoms with Gasteiger partial charge in [-0.2, -0.15) is 12.7 Å². The molecule has 0 unspecified atom stereocenters. The van der Waals surface area contributed by atoms with Gasteiger partial charge in [-0.05, 0) is 0 Å².